The molecule has 0 radical (unpaired) electrons. The molecule has 0 saturated carbocycles. The topological polar surface area (TPSA) is 33.6 Å². The molecule has 9 rings (SSSR count). The van der Waals surface area contributed by atoms with E-state index in [1.54, 1.807) is 0 Å². The third kappa shape index (κ3) is 4.04. The molecule has 0 amide bonds. The van der Waals surface area contributed by atoms with Crippen LogP contribution < -0.4 is 0 Å². The largest absolute Gasteiger partial charge is 0.317 e. The minimum atomic E-state index is 0.682. The number of hydrogen-bond donors (Lipinski definition) is 0. The molecule has 0 unspecified atom stereocenters. The van der Waals surface area contributed by atoms with Crippen molar-refractivity contribution in [2.24, 2.45) is 0 Å². The van der Waals surface area contributed by atoms with Gasteiger partial charge < -0.3 is 9.13 Å². The lowest BCUT2D eigenvalue weighted by Gasteiger charge is -2.20. The summed E-state index contributed by atoms with van der Waals surface area (Å²) in [7, 11) is 0. The Balaban J connectivity index is 1.27. The highest BCUT2D eigenvalue weighted by Crippen LogP contribution is 2.41. The third-order valence-electron chi connectivity index (χ3n) is 9.71. The quantitative estimate of drug-likeness (QED) is 0.201. The summed E-state index contributed by atoms with van der Waals surface area (Å²) >= 11 is 0. The summed E-state index contributed by atoms with van der Waals surface area (Å²) < 4.78 is 4.87. The normalized spacial score (nSPS) is 13.5. The second-order valence-electron chi connectivity index (χ2n) is 12.2. The maximum absolute atomic E-state index is 10.2. The van der Waals surface area contributed by atoms with Gasteiger partial charge in [0.25, 0.3) is 0 Å². The lowest BCUT2D eigenvalue weighted by atomic mass is 9.91. The van der Waals surface area contributed by atoms with Crippen LogP contribution in [0.25, 0.3) is 67.6 Å². The first kappa shape index (κ1) is 26.5. The molecule has 0 N–H and O–H groups in total. The smallest absolute Gasteiger partial charge is 0.0998 e. The van der Waals surface area contributed by atoms with Crippen molar-refractivity contribution in [1.29, 1.82) is 5.26 Å². The number of para-hydroxylation sites is 2. The predicted octanol–water partition coefficient (Wildman–Crippen LogP) is 10.7. The van der Waals surface area contributed by atoms with Crippen molar-refractivity contribution in [3.63, 3.8) is 0 Å². The van der Waals surface area contributed by atoms with Gasteiger partial charge in [-0.25, -0.2) is 0 Å². The van der Waals surface area contributed by atoms with E-state index in [0.717, 1.165) is 59.3 Å². The first-order valence-electron chi connectivity index (χ1n) is 16.1. The Morgan fingerprint density at radius 1 is 0.522 bits per heavy atom. The highest BCUT2D eigenvalue weighted by Gasteiger charge is 2.24. The molecule has 7 aromatic rings. The Kier molecular flexibility index (Phi) is 6.14. The van der Waals surface area contributed by atoms with Crippen LogP contribution >= 0.6 is 0 Å². The van der Waals surface area contributed by atoms with Gasteiger partial charge in [-0.05, 0) is 84.8 Å². The van der Waals surface area contributed by atoms with Gasteiger partial charge in [0.1, 0.15) is 0 Å². The van der Waals surface area contributed by atoms with Crippen molar-refractivity contribution in [2.75, 3.05) is 0 Å². The molecule has 3 nitrogen and oxygen atoms in total. The number of rotatable bonds is 4. The Bertz CT molecular complexity index is 2350. The molecule has 0 saturated heterocycles. The Labute approximate surface area is 268 Å². The van der Waals surface area contributed by atoms with Crippen molar-refractivity contribution in [3.05, 3.63) is 155 Å². The number of nitriles is 1. The molecular weight excluding hydrogens is 558 g/mol. The number of nitrogens with zero attached hydrogens (tertiary/aromatic N) is 3. The van der Waals surface area contributed by atoms with Crippen molar-refractivity contribution in [2.45, 2.75) is 25.7 Å². The summed E-state index contributed by atoms with van der Waals surface area (Å²) in [6.07, 6.45) is 13.4. The molecule has 0 fully saturated rings. The van der Waals surface area contributed by atoms with E-state index in [-0.39, 0.29) is 0 Å². The number of benzene rings is 5. The first-order chi connectivity index (χ1) is 22.8. The fourth-order valence-electron chi connectivity index (χ4n) is 7.71. The Hall–Kier alpha value is -5.85. The summed E-state index contributed by atoms with van der Waals surface area (Å²) in [6.45, 7) is 0. The van der Waals surface area contributed by atoms with Crippen LogP contribution in [0.3, 0.4) is 0 Å². The fourth-order valence-corrected chi connectivity index (χ4v) is 7.71. The minimum absolute atomic E-state index is 0.682. The van der Waals surface area contributed by atoms with Gasteiger partial charge in [0, 0.05) is 50.2 Å². The fraction of sp³-hybridized carbons (Fsp3) is 0.0930. The highest BCUT2D eigenvalue weighted by atomic mass is 15.0. The molecule has 2 aromatic heterocycles. The van der Waals surface area contributed by atoms with Crippen molar-refractivity contribution < 1.29 is 0 Å². The van der Waals surface area contributed by atoms with Gasteiger partial charge >= 0.3 is 0 Å². The number of fused-ring (bicyclic) bond motifs is 6. The van der Waals surface area contributed by atoms with Gasteiger partial charge in [-0.15, -0.1) is 0 Å². The summed E-state index contributed by atoms with van der Waals surface area (Å²) in [6, 6.07) is 43.4. The number of allylic oxidation sites excluding steroid dienone is 2. The average molecular weight is 590 g/mol. The van der Waals surface area contributed by atoms with Crippen LogP contribution in [-0.2, 0) is 12.8 Å². The maximum Gasteiger partial charge on any atom is 0.0998 e. The summed E-state index contributed by atoms with van der Waals surface area (Å²) in [4.78, 5) is 0. The highest BCUT2D eigenvalue weighted by molar-refractivity contribution is 6.09. The van der Waals surface area contributed by atoms with E-state index in [9.17, 15) is 5.26 Å². The van der Waals surface area contributed by atoms with Gasteiger partial charge in [0.2, 0.25) is 0 Å². The number of aromatic nitrogens is 2. The van der Waals surface area contributed by atoms with Gasteiger partial charge in [0.05, 0.1) is 22.7 Å². The Morgan fingerprint density at radius 2 is 1.15 bits per heavy atom. The molecular formula is C43H31N3. The van der Waals surface area contributed by atoms with E-state index in [0.29, 0.717) is 5.56 Å². The molecule has 3 heteroatoms. The van der Waals surface area contributed by atoms with E-state index >= 15 is 0 Å². The van der Waals surface area contributed by atoms with Crippen molar-refractivity contribution >= 4 is 34.0 Å². The molecule has 2 aliphatic carbocycles. The van der Waals surface area contributed by atoms with Crippen LogP contribution in [0, 0.1) is 11.3 Å². The van der Waals surface area contributed by atoms with Crippen LogP contribution in [0.4, 0.5) is 0 Å². The third-order valence-corrected chi connectivity index (χ3v) is 9.71. The molecule has 2 heterocycles. The minimum Gasteiger partial charge on any atom is -0.317 e. The van der Waals surface area contributed by atoms with Gasteiger partial charge in [0.15, 0.2) is 0 Å². The van der Waals surface area contributed by atoms with Gasteiger partial charge in [-0.1, -0.05) is 97.1 Å². The van der Waals surface area contributed by atoms with Crippen LogP contribution in [0.5, 0.6) is 0 Å². The monoisotopic (exact) mass is 589 g/mol. The summed E-state index contributed by atoms with van der Waals surface area (Å²) in [5.74, 6) is 0. The summed E-state index contributed by atoms with van der Waals surface area (Å²) in [5.41, 5.74) is 15.1. The molecule has 0 spiro atoms. The lowest BCUT2D eigenvalue weighted by molar-refractivity contribution is 0.814. The van der Waals surface area contributed by atoms with Crippen LogP contribution in [-0.4, -0.2) is 9.13 Å². The van der Waals surface area contributed by atoms with Crippen LogP contribution in [0.2, 0.25) is 0 Å². The second kappa shape index (κ2) is 10.6. The summed E-state index contributed by atoms with van der Waals surface area (Å²) in [5, 5.41) is 12.7. The molecule has 0 atom stereocenters. The SMILES string of the molecule is N#Cc1ccccc1-c1cc(-n2c3c(c4c2CCC=C4)C=CCC3)ccc1-c1cccc(-n2c3ccccc3c3ccccc32)c1. The second-order valence-corrected chi connectivity index (χ2v) is 12.2. The molecule has 5 aromatic carbocycles. The standard InChI is InChI=1S/C43H31N3/c44-28-30-12-1-2-15-33(30)39-27-32(46-42-22-9-5-18-37(42)38-19-6-10-23-43(38)46)24-25-34(39)29-13-11-14-31(26-29)45-40-20-7-3-16-35(40)36-17-4-8-21-41(36)45/h1-8,11-21,24-27H,9-10,22-23H2. The first-order valence-corrected chi connectivity index (χ1v) is 16.1. The molecule has 0 aliphatic heterocycles. The van der Waals surface area contributed by atoms with Crippen LogP contribution in [0.15, 0.2) is 127 Å². The zero-order valence-electron chi connectivity index (χ0n) is 25.4. The Morgan fingerprint density at radius 3 is 1.85 bits per heavy atom. The zero-order valence-corrected chi connectivity index (χ0v) is 25.4. The van der Waals surface area contributed by atoms with Crippen molar-refractivity contribution in [3.8, 4) is 39.7 Å². The lowest BCUT2D eigenvalue weighted by Crippen LogP contribution is -2.07. The number of hydrogen-bond acceptors (Lipinski definition) is 1. The average Bonchev–Trinajstić information content (AvgIpc) is 3.65. The van der Waals surface area contributed by atoms with E-state index in [1.165, 1.54) is 44.3 Å². The predicted molar refractivity (Wildman–Crippen MR) is 190 cm³/mol. The molecule has 218 valence electrons. The van der Waals surface area contributed by atoms with E-state index in [4.69, 9.17) is 0 Å². The molecule has 46 heavy (non-hydrogen) atoms. The molecule has 0 bridgehead atoms. The van der Waals surface area contributed by atoms with Crippen LogP contribution in [0.1, 0.15) is 40.9 Å². The molecule has 2 aliphatic rings. The zero-order chi connectivity index (χ0) is 30.6. The maximum atomic E-state index is 10.2. The van der Waals surface area contributed by atoms with Gasteiger partial charge in [-0.2, -0.15) is 5.26 Å². The van der Waals surface area contributed by atoms with Crippen molar-refractivity contribution in [1.82, 2.24) is 9.13 Å². The van der Waals surface area contributed by atoms with E-state index in [1.807, 2.05) is 18.2 Å². The van der Waals surface area contributed by atoms with Gasteiger partial charge in [-0.3, -0.25) is 0 Å². The van der Waals surface area contributed by atoms with E-state index in [2.05, 4.69) is 137 Å². The van der Waals surface area contributed by atoms with E-state index < -0.39 is 0 Å².